The van der Waals surface area contributed by atoms with Crippen molar-refractivity contribution in [3.8, 4) is 0 Å². The van der Waals surface area contributed by atoms with Crippen molar-refractivity contribution in [3.05, 3.63) is 11.5 Å². The van der Waals surface area contributed by atoms with Crippen LogP contribution in [0.5, 0.6) is 0 Å². The van der Waals surface area contributed by atoms with Crippen LogP contribution in [0.2, 0.25) is 43.8 Å². The highest BCUT2D eigenvalue weighted by molar-refractivity contribution is 6.76. The Labute approximate surface area is 202 Å². The molecule has 0 saturated heterocycles. The van der Waals surface area contributed by atoms with Crippen LogP contribution in [0.3, 0.4) is 0 Å². The Morgan fingerprint density at radius 1 is 1.18 bits per heavy atom. The molecule has 7 nitrogen and oxygen atoms in total. The lowest BCUT2D eigenvalue weighted by Gasteiger charge is -2.47. The fourth-order valence-corrected chi connectivity index (χ4v) is 6.05. The molecule has 0 amide bonds. The summed E-state index contributed by atoms with van der Waals surface area (Å²) in [5.41, 5.74) is -1.03. The Bertz CT molecular complexity index is 723. The number of rotatable bonds is 10. The van der Waals surface area contributed by atoms with Crippen LogP contribution in [0, 0.1) is 11.8 Å². The molecule has 1 saturated carbocycles. The lowest BCUT2D eigenvalue weighted by Crippen LogP contribution is -2.54. The van der Waals surface area contributed by atoms with Crippen molar-refractivity contribution in [2.45, 2.75) is 96.1 Å². The largest absolute Gasteiger partial charge is 0.499 e. The van der Waals surface area contributed by atoms with Crippen molar-refractivity contribution in [1.82, 2.24) is 0 Å². The minimum atomic E-state index is -2.04. The van der Waals surface area contributed by atoms with Gasteiger partial charge in [0, 0.05) is 33.6 Å². The first kappa shape index (κ1) is 28.4. The average Bonchev–Trinajstić information content (AvgIpc) is 2.90. The summed E-state index contributed by atoms with van der Waals surface area (Å²) in [6, 6.07) is 1.10. The van der Waals surface area contributed by atoms with Crippen molar-refractivity contribution < 1.29 is 33.3 Å². The second-order valence-corrected chi connectivity index (χ2v) is 22.8. The van der Waals surface area contributed by atoms with Crippen LogP contribution in [-0.2, 0) is 28.2 Å². The molecule has 4 atom stereocenters. The molecule has 0 unspecified atom stereocenters. The maximum absolute atomic E-state index is 12.3. The van der Waals surface area contributed by atoms with Crippen LogP contribution >= 0.6 is 0 Å². The number of esters is 1. The third kappa shape index (κ3) is 6.63. The lowest BCUT2D eigenvalue weighted by atomic mass is 9.69. The van der Waals surface area contributed by atoms with Gasteiger partial charge in [0.05, 0.1) is 13.2 Å². The second-order valence-electron chi connectivity index (χ2n) is 12.4. The molecular weight excluding hydrogens is 456 g/mol. The molecule has 1 heterocycles. The van der Waals surface area contributed by atoms with Crippen LogP contribution in [0.15, 0.2) is 11.5 Å². The minimum absolute atomic E-state index is 0.0522. The van der Waals surface area contributed by atoms with Gasteiger partial charge in [-0.25, -0.2) is 4.79 Å². The van der Waals surface area contributed by atoms with E-state index in [1.165, 1.54) is 7.11 Å². The van der Waals surface area contributed by atoms with E-state index in [1.54, 1.807) is 0 Å². The number of aliphatic hydroxyl groups excluding tert-OH is 1. The highest BCUT2D eigenvalue weighted by Crippen LogP contribution is 2.50. The predicted octanol–water partition coefficient (Wildman–Crippen LogP) is 5.46. The van der Waals surface area contributed by atoms with E-state index in [2.05, 4.69) is 60.4 Å². The smallest absolute Gasteiger partial charge is 0.378 e. The van der Waals surface area contributed by atoms with Crippen molar-refractivity contribution in [2.24, 2.45) is 11.8 Å². The van der Waals surface area contributed by atoms with Gasteiger partial charge >= 0.3 is 5.97 Å². The molecule has 0 bridgehead atoms. The molecule has 0 aromatic rings. The summed E-state index contributed by atoms with van der Waals surface area (Å²) in [4.78, 5) is 12.3. The van der Waals surface area contributed by atoms with Gasteiger partial charge in [0.15, 0.2) is 19.7 Å². The maximum Gasteiger partial charge on any atom is 0.378 e. The van der Waals surface area contributed by atoms with E-state index in [-0.39, 0.29) is 35.5 Å². The molecule has 1 fully saturated rings. The minimum Gasteiger partial charge on any atom is -0.499 e. The Hall–Kier alpha value is -0.876. The molecule has 0 aromatic heterocycles. The number of hydrogen-bond acceptors (Lipinski definition) is 7. The monoisotopic (exact) mass is 502 g/mol. The van der Waals surface area contributed by atoms with E-state index in [4.69, 9.17) is 23.4 Å². The fraction of sp³-hybridized carbons (Fsp3) is 0.875. The Morgan fingerprint density at radius 2 is 1.82 bits per heavy atom. The highest BCUT2D eigenvalue weighted by atomic mass is 28.4. The van der Waals surface area contributed by atoms with E-state index in [1.807, 2.05) is 0 Å². The summed E-state index contributed by atoms with van der Waals surface area (Å²) in [7, 11) is -1.71. The summed E-state index contributed by atoms with van der Waals surface area (Å²) < 4.78 is 29.8. The predicted molar refractivity (Wildman–Crippen MR) is 134 cm³/mol. The molecule has 2 rings (SSSR count). The van der Waals surface area contributed by atoms with Gasteiger partial charge in [-0.15, -0.1) is 0 Å². The first-order chi connectivity index (χ1) is 15.0. The molecular formula is C24H46O7Si2. The average molecular weight is 503 g/mol. The Morgan fingerprint density at radius 3 is 2.36 bits per heavy atom. The number of carbonyl (C=O) groups excluding carboxylic acids is 1. The summed E-state index contributed by atoms with van der Waals surface area (Å²) in [6.07, 6.45) is 1.06. The molecule has 0 radical (unpaired) electrons. The fourth-order valence-electron chi connectivity index (χ4n) is 4.24. The SMILES string of the molecule is COC1=C(O)C(=O)O[C@]12C[C@@H](C)[C@H](OCOCC[Si](C)(C)C)C[C@H]2CO[Si](C)(C)C(C)(C)C. The highest BCUT2D eigenvalue weighted by Gasteiger charge is 2.59. The molecule has 1 spiro atoms. The van der Waals surface area contributed by atoms with Gasteiger partial charge in [-0.3, -0.25) is 0 Å². The third-order valence-corrected chi connectivity index (χ3v) is 13.7. The van der Waals surface area contributed by atoms with E-state index < -0.39 is 33.7 Å². The van der Waals surface area contributed by atoms with Crippen LogP contribution in [0.4, 0.5) is 0 Å². The van der Waals surface area contributed by atoms with Crippen LogP contribution in [-0.4, -0.2) is 66.3 Å². The van der Waals surface area contributed by atoms with E-state index in [0.29, 0.717) is 26.1 Å². The summed E-state index contributed by atoms with van der Waals surface area (Å²) in [5, 5.41) is 10.4. The third-order valence-electron chi connectivity index (χ3n) is 7.52. The zero-order chi connectivity index (χ0) is 25.2. The van der Waals surface area contributed by atoms with Gasteiger partial charge in [0.1, 0.15) is 6.79 Å². The molecule has 0 aromatic carbocycles. The number of aliphatic hydroxyl groups is 1. The number of carbonyl (C=O) groups is 1. The molecule has 33 heavy (non-hydrogen) atoms. The van der Waals surface area contributed by atoms with E-state index >= 15 is 0 Å². The van der Waals surface area contributed by atoms with Gasteiger partial charge in [0.2, 0.25) is 5.76 Å². The second kappa shape index (κ2) is 10.4. The van der Waals surface area contributed by atoms with Gasteiger partial charge in [-0.2, -0.15) is 0 Å². The van der Waals surface area contributed by atoms with Crippen LogP contribution in [0.25, 0.3) is 0 Å². The van der Waals surface area contributed by atoms with Crippen molar-refractivity contribution in [2.75, 3.05) is 27.1 Å². The molecule has 192 valence electrons. The molecule has 9 heteroatoms. The standard InChI is InChI=1S/C24H46O7Si2/c1-17-14-24(21(27-5)20(25)22(26)31-24)18(15-30-33(9,10)23(2,3)4)13-19(17)29-16-28-11-12-32(6,7)8/h17-19,25H,11-16H2,1-10H3/t17-,18+,19-,24+/m1/s1. The van der Waals surface area contributed by atoms with Crippen LogP contribution < -0.4 is 0 Å². The summed E-state index contributed by atoms with van der Waals surface area (Å²) in [5.74, 6) is -1.06. The van der Waals surface area contributed by atoms with Crippen LogP contribution in [0.1, 0.15) is 40.5 Å². The quantitative estimate of drug-likeness (QED) is 0.184. The summed E-state index contributed by atoms with van der Waals surface area (Å²) >= 11 is 0. The first-order valence-corrected chi connectivity index (χ1v) is 18.7. The van der Waals surface area contributed by atoms with Gasteiger partial charge in [-0.05, 0) is 36.5 Å². The number of methoxy groups -OCH3 is 1. The number of hydrogen-bond donors (Lipinski definition) is 1. The molecule has 1 aliphatic carbocycles. The Kier molecular flexibility index (Phi) is 8.93. The zero-order valence-electron chi connectivity index (χ0n) is 22.4. The maximum atomic E-state index is 12.3. The van der Waals surface area contributed by atoms with E-state index in [0.717, 1.165) is 6.04 Å². The van der Waals surface area contributed by atoms with E-state index in [9.17, 15) is 9.90 Å². The Balaban J connectivity index is 2.17. The van der Waals surface area contributed by atoms with Crippen molar-refractivity contribution in [1.29, 1.82) is 0 Å². The van der Waals surface area contributed by atoms with Gasteiger partial charge in [0.25, 0.3) is 0 Å². The normalized spacial score (nSPS) is 29.0. The first-order valence-electron chi connectivity index (χ1n) is 12.1. The molecule has 1 aliphatic heterocycles. The molecule has 2 aliphatic rings. The zero-order valence-corrected chi connectivity index (χ0v) is 24.4. The van der Waals surface area contributed by atoms with Gasteiger partial charge in [-0.1, -0.05) is 47.3 Å². The summed E-state index contributed by atoms with van der Waals surface area (Å²) in [6.45, 7) is 21.4. The van der Waals surface area contributed by atoms with Crippen molar-refractivity contribution >= 4 is 22.4 Å². The lowest BCUT2D eigenvalue weighted by molar-refractivity contribution is -0.182. The topological polar surface area (TPSA) is 83.5 Å². The number of ether oxygens (including phenoxy) is 4. The van der Waals surface area contributed by atoms with Crippen molar-refractivity contribution in [3.63, 3.8) is 0 Å². The van der Waals surface area contributed by atoms with Gasteiger partial charge < -0.3 is 28.5 Å². The molecule has 1 N–H and O–H groups in total.